The van der Waals surface area contributed by atoms with Gasteiger partial charge in [-0.2, -0.15) is 5.10 Å². The highest BCUT2D eigenvalue weighted by molar-refractivity contribution is 6.32. The summed E-state index contributed by atoms with van der Waals surface area (Å²) in [6.45, 7) is 1.85. The van der Waals surface area contributed by atoms with Crippen LogP contribution in [0.3, 0.4) is 0 Å². The normalized spacial score (nSPS) is 10.1. The molecule has 1 heterocycles. The number of ether oxygens (including phenoxy) is 1. The highest BCUT2D eigenvalue weighted by Gasteiger charge is 2.04. The third-order valence-electron chi connectivity index (χ3n) is 1.94. The molecule has 2 N–H and O–H groups in total. The summed E-state index contributed by atoms with van der Waals surface area (Å²) in [6.07, 6.45) is 0. The molecule has 1 aromatic carbocycles. The average molecular weight is 236 g/mol. The number of nitrogens with two attached hydrogens (primary N) is 1. The average Bonchev–Trinajstić information content (AvgIpc) is 2.27. The number of benzene rings is 1. The zero-order valence-electron chi connectivity index (χ0n) is 8.64. The quantitative estimate of drug-likeness (QED) is 0.813. The van der Waals surface area contributed by atoms with Crippen LogP contribution in [0.4, 0.5) is 5.69 Å². The third kappa shape index (κ3) is 2.41. The highest BCUT2D eigenvalue weighted by atomic mass is 35.5. The molecule has 0 aliphatic heterocycles. The van der Waals surface area contributed by atoms with E-state index >= 15 is 0 Å². The van der Waals surface area contributed by atoms with Crippen molar-refractivity contribution in [2.45, 2.75) is 6.92 Å². The summed E-state index contributed by atoms with van der Waals surface area (Å²) in [6, 6.07) is 8.55. The zero-order valence-corrected chi connectivity index (χ0v) is 9.40. The van der Waals surface area contributed by atoms with Gasteiger partial charge >= 0.3 is 0 Å². The molecule has 2 rings (SSSR count). The molecule has 0 atom stereocenters. The van der Waals surface area contributed by atoms with Crippen molar-refractivity contribution in [2.24, 2.45) is 0 Å². The Kier molecular flexibility index (Phi) is 2.92. The summed E-state index contributed by atoms with van der Waals surface area (Å²) in [5.41, 5.74) is 7.04. The summed E-state index contributed by atoms with van der Waals surface area (Å²) in [5.74, 6) is 0.859. The lowest BCUT2D eigenvalue weighted by Gasteiger charge is -2.06. The van der Waals surface area contributed by atoms with Crippen LogP contribution >= 0.6 is 11.6 Å². The first-order valence-corrected chi connectivity index (χ1v) is 5.06. The van der Waals surface area contributed by atoms with E-state index in [-0.39, 0.29) is 0 Å². The predicted molar refractivity (Wildman–Crippen MR) is 62.7 cm³/mol. The molecule has 0 radical (unpaired) electrons. The Morgan fingerprint density at radius 1 is 1.19 bits per heavy atom. The Balaban J connectivity index is 2.26. The van der Waals surface area contributed by atoms with Gasteiger partial charge in [0.15, 0.2) is 0 Å². The molecule has 0 bridgehead atoms. The van der Waals surface area contributed by atoms with Gasteiger partial charge in [0, 0.05) is 17.8 Å². The summed E-state index contributed by atoms with van der Waals surface area (Å²) < 4.78 is 5.46. The molecular weight excluding hydrogens is 226 g/mol. The molecule has 0 amide bonds. The minimum Gasteiger partial charge on any atom is -0.436 e. The molecule has 1 aromatic heterocycles. The van der Waals surface area contributed by atoms with Crippen molar-refractivity contribution in [3.63, 3.8) is 0 Å². The lowest BCUT2D eigenvalue weighted by atomic mass is 10.3. The lowest BCUT2D eigenvalue weighted by Crippen LogP contribution is -1.93. The van der Waals surface area contributed by atoms with Gasteiger partial charge in [0.05, 0.1) is 10.7 Å². The number of hydrogen-bond donors (Lipinski definition) is 1. The van der Waals surface area contributed by atoms with Gasteiger partial charge in [-0.3, -0.25) is 0 Å². The maximum atomic E-state index is 5.95. The number of nitrogens with zero attached hydrogens (tertiary/aromatic N) is 2. The van der Waals surface area contributed by atoms with Gasteiger partial charge in [-0.25, -0.2) is 0 Å². The smallest absolute Gasteiger partial charge is 0.238 e. The van der Waals surface area contributed by atoms with Gasteiger partial charge in [0.1, 0.15) is 5.75 Å². The van der Waals surface area contributed by atoms with E-state index in [2.05, 4.69) is 10.2 Å². The van der Waals surface area contributed by atoms with Crippen molar-refractivity contribution in [3.8, 4) is 11.6 Å². The van der Waals surface area contributed by atoms with Gasteiger partial charge in [-0.05, 0) is 25.1 Å². The number of halogens is 1. The molecule has 0 aliphatic carbocycles. The van der Waals surface area contributed by atoms with E-state index in [0.29, 0.717) is 22.3 Å². The maximum Gasteiger partial charge on any atom is 0.238 e. The van der Waals surface area contributed by atoms with Crippen LogP contribution in [0, 0.1) is 6.92 Å². The fourth-order valence-corrected chi connectivity index (χ4v) is 1.31. The largest absolute Gasteiger partial charge is 0.436 e. The minimum atomic E-state index is 0.387. The maximum absolute atomic E-state index is 5.95. The van der Waals surface area contributed by atoms with E-state index in [1.165, 1.54) is 0 Å². The first kappa shape index (κ1) is 10.7. The lowest BCUT2D eigenvalue weighted by molar-refractivity contribution is 0.455. The fourth-order valence-electron chi connectivity index (χ4n) is 1.15. The second-order valence-electron chi connectivity index (χ2n) is 3.30. The van der Waals surface area contributed by atoms with Gasteiger partial charge in [0.2, 0.25) is 5.88 Å². The Morgan fingerprint density at radius 3 is 2.69 bits per heavy atom. The Labute approximate surface area is 98.0 Å². The first-order valence-electron chi connectivity index (χ1n) is 4.68. The van der Waals surface area contributed by atoms with Crippen molar-refractivity contribution in [3.05, 3.63) is 41.0 Å². The molecule has 0 unspecified atom stereocenters. The van der Waals surface area contributed by atoms with Crippen molar-refractivity contribution >= 4 is 17.3 Å². The van der Waals surface area contributed by atoms with Crippen molar-refractivity contribution in [2.75, 3.05) is 5.73 Å². The molecule has 16 heavy (non-hydrogen) atoms. The summed E-state index contributed by atoms with van der Waals surface area (Å²) in [5, 5.41) is 8.23. The molecule has 82 valence electrons. The van der Waals surface area contributed by atoms with Crippen LogP contribution in [-0.2, 0) is 0 Å². The Morgan fingerprint density at radius 2 is 2.00 bits per heavy atom. The first-order chi connectivity index (χ1) is 7.65. The SMILES string of the molecule is Cc1ccc(Oc2cc(N)ccc2Cl)nn1. The van der Waals surface area contributed by atoms with E-state index < -0.39 is 0 Å². The van der Waals surface area contributed by atoms with Gasteiger partial charge in [-0.15, -0.1) is 5.10 Å². The van der Waals surface area contributed by atoms with Gasteiger partial charge < -0.3 is 10.5 Å². The van der Waals surface area contributed by atoms with Crippen LogP contribution in [0.25, 0.3) is 0 Å². The number of aromatic nitrogens is 2. The third-order valence-corrected chi connectivity index (χ3v) is 2.26. The van der Waals surface area contributed by atoms with Crippen LogP contribution in [0.1, 0.15) is 5.69 Å². The van der Waals surface area contributed by atoms with Crippen molar-refractivity contribution < 1.29 is 4.74 Å². The highest BCUT2D eigenvalue weighted by Crippen LogP contribution is 2.29. The van der Waals surface area contributed by atoms with Gasteiger partial charge in [0.25, 0.3) is 0 Å². The molecule has 0 spiro atoms. The van der Waals surface area contributed by atoms with Gasteiger partial charge in [-0.1, -0.05) is 11.6 Å². The van der Waals surface area contributed by atoms with Crippen LogP contribution < -0.4 is 10.5 Å². The summed E-state index contributed by atoms with van der Waals surface area (Å²) >= 11 is 5.95. The second-order valence-corrected chi connectivity index (χ2v) is 3.71. The van der Waals surface area contributed by atoms with E-state index in [4.69, 9.17) is 22.1 Å². The van der Waals surface area contributed by atoms with Crippen molar-refractivity contribution in [1.29, 1.82) is 0 Å². The number of aryl methyl sites for hydroxylation is 1. The Bertz CT molecular complexity index is 499. The molecule has 0 aliphatic rings. The molecule has 4 nitrogen and oxygen atoms in total. The van der Waals surface area contributed by atoms with E-state index in [1.807, 2.05) is 13.0 Å². The van der Waals surface area contributed by atoms with E-state index in [0.717, 1.165) is 5.69 Å². The van der Waals surface area contributed by atoms with Crippen LogP contribution in [-0.4, -0.2) is 10.2 Å². The zero-order chi connectivity index (χ0) is 11.5. The Hall–Kier alpha value is -1.81. The number of rotatable bonds is 2. The standard InChI is InChI=1S/C11H10ClN3O/c1-7-2-5-11(15-14-7)16-10-6-8(13)3-4-9(10)12/h2-6H,13H2,1H3. The molecule has 0 fully saturated rings. The number of nitrogen functional groups attached to an aromatic ring is 1. The second kappa shape index (κ2) is 4.37. The summed E-state index contributed by atoms with van der Waals surface area (Å²) in [4.78, 5) is 0. The molecule has 0 saturated carbocycles. The van der Waals surface area contributed by atoms with Crippen LogP contribution in [0.5, 0.6) is 11.6 Å². The summed E-state index contributed by atoms with van der Waals surface area (Å²) in [7, 11) is 0. The molecule has 2 aromatic rings. The predicted octanol–water partition coefficient (Wildman–Crippen LogP) is 2.81. The van der Waals surface area contributed by atoms with E-state index in [1.54, 1.807) is 24.3 Å². The van der Waals surface area contributed by atoms with Crippen LogP contribution in [0.2, 0.25) is 5.02 Å². The topological polar surface area (TPSA) is 61.0 Å². The van der Waals surface area contributed by atoms with Crippen molar-refractivity contribution in [1.82, 2.24) is 10.2 Å². The molecular formula is C11H10ClN3O. The monoisotopic (exact) mass is 235 g/mol. The molecule has 0 saturated heterocycles. The number of hydrogen-bond acceptors (Lipinski definition) is 4. The minimum absolute atomic E-state index is 0.387. The van der Waals surface area contributed by atoms with E-state index in [9.17, 15) is 0 Å². The van der Waals surface area contributed by atoms with Crippen LogP contribution in [0.15, 0.2) is 30.3 Å². The molecule has 5 heteroatoms. The number of anilines is 1. The fraction of sp³-hybridized carbons (Fsp3) is 0.0909.